The number of carbonyl (C=O) groups is 1. The molecule has 160 valence electrons. The molecule has 2 radical (unpaired) electrons. The molecule has 2 aromatic carbocycles. The second-order valence-corrected chi connectivity index (χ2v) is 6.66. The van der Waals surface area contributed by atoms with E-state index >= 15 is 0 Å². The summed E-state index contributed by atoms with van der Waals surface area (Å²) in [4.78, 5) is 25.3. The van der Waals surface area contributed by atoms with Crippen molar-refractivity contribution < 1.29 is 18.7 Å². The van der Waals surface area contributed by atoms with Gasteiger partial charge in [-0.05, 0) is 43.2 Å². The molecule has 0 aliphatic rings. The van der Waals surface area contributed by atoms with Crippen LogP contribution >= 0.6 is 12.5 Å². The standard InChI is InChI=1S/C21H19F2N3O3.BHS/c1-10-6-7-16(27)11(2)17(10)26-19(24)15(20(25)28)9-14(21(26)29)12-4-3-5-13(8-12)18(22)23;1-2/h3-9,18,27H,24H2,1-2H3,(H2,25,28);2H. The van der Waals surface area contributed by atoms with Crippen LogP contribution in [0.25, 0.3) is 16.8 Å². The zero-order chi connectivity index (χ0) is 23.5. The summed E-state index contributed by atoms with van der Waals surface area (Å²) in [5.41, 5.74) is 12.0. The Labute approximate surface area is 184 Å². The van der Waals surface area contributed by atoms with E-state index in [0.29, 0.717) is 16.8 Å². The maximum absolute atomic E-state index is 13.3. The summed E-state index contributed by atoms with van der Waals surface area (Å²) >= 11 is 3.03. The number of alkyl halides is 2. The van der Waals surface area contributed by atoms with Crippen LogP contribution in [-0.2, 0) is 0 Å². The maximum atomic E-state index is 13.3. The lowest BCUT2D eigenvalue weighted by molar-refractivity contribution is 0.100. The van der Waals surface area contributed by atoms with E-state index in [0.717, 1.165) is 4.57 Å². The van der Waals surface area contributed by atoms with Crippen LogP contribution in [0, 0.1) is 13.8 Å². The molecular weight excluding hydrogens is 423 g/mol. The highest BCUT2D eigenvalue weighted by molar-refractivity contribution is 8.03. The predicted molar refractivity (Wildman–Crippen MR) is 121 cm³/mol. The number of phenols is 1. The zero-order valence-electron chi connectivity index (χ0n) is 16.8. The Bertz CT molecular complexity index is 1200. The van der Waals surface area contributed by atoms with Gasteiger partial charge in [0.25, 0.3) is 17.9 Å². The van der Waals surface area contributed by atoms with Crippen LogP contribution in [0.3, 0.4) is 0 Å². The number of nitrogen functional groups attached to an aromatic ring is 1. The van der Waals surface area contributed by atoms with Gasteiger partial charge in [-0.25, -0.2) is 21.3 Å². The van der Waals surface area contributed by atoms with Gasteiger partial charge in [-0.15, -0.1) is 0 Å². The average molecular weight is 443 g/mol. The fourth-order valence-electron chi connectivity index (χ4n) is 3.27. The van der Waals surface area contributed by atoms with Gasteiger partial charge in [-0.3, -0.25) is 14.2 Å². The summed E-state index contributed by atoms with van der Waals surface area (Å²) in [5.74, 6) is -1.14. The number of nitrogens with two attached hydrogens (primary N) is 2. The number of thiol groups is 1. The van der Waals surface area contributed by atoms with Crippen molar-refractivity contribution in [1.29, 1.82) is 0 Å². The van der Waals surface area contributed by atoms with Crippen LogP contribution in [0.4, 0.5) is 14.6 Å². The number of hydrogen-bond acceptors (Lipinski definition) is 5. The van der Waals surface area contributed by atoms with Crippen LogP contribution in [0.5, 0.6) is 5.75 Å². The fourth-order valence-corrected chi connectivity index (χ4v) is 3.27. The summed E-state index contributed by atoms with van der Waals surface area (Å²) in [6, 6.07) is 9.56. The van der Waals surface area contributed by atoms with Crippen LogP contribution in [-0.4, -0.2) is 22.7 Å². The number of nitrogens with zero attached hydrogens (tertiary/aromatic N) is 1. The number of anilines is 1. The summed E-state index contributed by atoms with van der Waals surface area (Å²) in [6.07, 6.45) is -2.72. The molecule has 1 heterocycles. The first-order chi connectivity index (χ1) is 14.6. The number of phenolic OH excluding ortho intramolecular Hbond substituents is 1. The average Bonchev–Trinajstić information content (AvgIpc) is 2.74. The Morgan fingerprint density at radius 1 is 1.16 bits per heavy atom. The number of aromatic hydroxyl groups is 1. The van der Waals surface area contributed by atoms with Gasteiger partial charge < -0.3 is 16.6 Å². The largest absolute Gasteiger partial charge is 0.508 e. The monoisotopic (exact) mass is 443 g/mol. The summed E-state index contributed by atoms with van der Waals surface area (Å²) in [5, 5.41) is 10.1. The molecule has 1 amide bonds. The topological polar surface area (TPSA) is 111 Å². The minimum Gasteiger partial charge on any atom is -0.508 e. The number of benzene rings is 2. The molecule has 0 aliphatic heterocycles. The molecule has 3 aromatic rings. The number of amides is 1. The molecule has 1 aromatic heterocycles. The Hall–Kier alpha value is -3.27. The number of pyridine rings is 1. The van der Waals surface area contributed by atoms with E-state index in [9.17, 15) is 23.5 Å². The van der Waals surface area contributed by atoms with E-state index in [1.165, 1.54) is 36.4 Å². The van der Waals surface area contributed by atoms with Crippen molar-refractivity contribution in [1.82, 2.24) is 4.57 Å². The smallest absolute Gasteiger partial charge is 0.264 e. The Morgan fingerprint density at radius 3 is 2.39 bits per heavy atom. The molecule has 0 unspecified atom stereocenters. The lowest BCUT2D eigenvalue weighted by Gasteiger charge is -2.19. The van der Waals surface area contributed by atoms with Crippen molar-refractivity contribution in [2.45, 2.75) is 20.3 Å². The van der Waals surface area contributed by atoms with Gasteiger partial charge in [0.15, 0.2) is 7.12 Å². The van der Waals surface area contributed by atoms with Gasteiger partial charge in [-0.1, -0.05) is 24.3 Å². The quantitative estimate of drug-likeness (QED) is 0.366. The molecular formula is C21H20BF2N3O3S. The van der Waals surface area contributed by atoms with E-state index in [4.69, 9.17) is 11.5 Å². The molecule has 0 aliphatic carbocycles. The number of aromatic nitrogens is 1. The van der Waals surface area contributed by atoms with Gasteiger partial charge in [-0.2, -0.15) is 0 Å². The van der Waals surface area contributed by atoms with Crippen molar-refractivity contribution in [3.63, 3.8) is 0 Å². The number of rotatable bonds is 4. The van der Waals surface area contributed by atoms with Crippen molar-refractivity contribution in [2.75, 3.05) is 5.73 Å². The molecule has 0 atom stereocenters. The normalized spacial score (nSPS) is 10.5. The van der Waals surface area contributed by atoms with Gasteiger partial charge in [0.2, 0.25) is 0 Å². The number of hydrogen-bond donors (Lipinski definition) is 4. The Kier molecular flexibility index (Phi) is 7.51. The third-order valence-electron chi connectivity index (χ3n) is 4.78. The first-order valence-corrected chi connectivity index (χ1v) is 9.44. The second kappa shape index (κ2) is 9.70. The van der Waals surface area contributed by atoms with Crippen LogP contribution in [0.15, 0.2) is 47.3 Å². The molecule has 31 heavy (non-hydrogen) atoms. The fraction of sp³-hybridized carbons (Fsp3) is 0.143. The van der Waals surface area contributed by atoms with Gasteiger partial charge in [0.05, 0.1) is 11.3 Å². The first kappa shape index (κ1) is 24.0. The SMILES string of the molecule is Cc1ccc(O)c(C)c1-n1c(N)c(C(N)=O)cc(-c2cccc(C(F)F)c2)c1=O.[B]S. The zero-order valence-corrected chi connectivity index (χ0v) is 17.7. The van der Waals surface area contributed by atoms with E-state index in [1.807, 2.05) is 0 Å². The molecule has 0 fully saturated rings. The number of aryl methyl sites for hydroxylation is 1. The minimum absolute atomic E-state index is 0.0161. The van der Waals surface area contributed by atoms with E-state index in [2.05, 4.69) is 19.6 Å². The second-order valence-electron chi connectivity index (χ2n) is 6.66. The van der Waals surface area contributed by atoms with Crippen LogP contribution in [0.2, 0.25) is 0 Å². The lowest BCUT2D eigenvalue weighted by atomic mass is 10.0. The van der Waals surface area contributed by atoms with Crippen molar-refractivity contribution >= 4 is 31.3 Å². The highest BCUT2D eigenvalue weighted by Crippen LogP contribution is 2.31. The maximum Gasteiger partial charge on any atom is 0.264 e. The molecule has 0 saturated heterocycles. The predicted octanol–water partition coefficient (Wildman–Crippen LogP) is 3.45. The van der Waals surface area contributed by atoms with Gasteiger partial charge in [0.1, 0.15) is 11.6 Å². The van der Waals surface area contributed by atoms with Crippen LogP contribution < -0.4 is 17.0 Å². The molecule has 0 saturated carbocycles. The van der Waals surface area contributed by atoms with E-state index in [1.54, 1.807) is 19.9 Å². The van der Waals surface area contributed by atoms with Crippen LogP contribution in [0.1, 0.15) is 33.5 Å². The summed E-state index contributed by atoms with van der Waals surface area (Å²) < 4.78 is 27.3. The highest BCUT2D eigenvalue weighted by Gasteiger charge is 2.22. The molecule has 0 bridgehead atoms. The molecule has 3 rings (SSSR count). The molecule has 10 heteroatoms. The van der Waals surface area contributed by atoms with Crippen molar-refractivity contribution in [3.8, 4) is 22.6 Å². The first-order valence-electron chi connectivity index (χ1n) is 8.92. The third kappa shape index (κ3) is 4.58. The lowest BCUT2D eigenvalue weighted by Crippen LogP contribution is -2.28. The minimum atomic E-state index is -2.72. The Balaban J connectivity index is 0.00000166. The number of primary amides is 1. The summed E-state index contributed by atoms with van der Waals surface area (Å²) in [6.45, 7) is 3.30. The Morgan fingerprint density at radius 2 is 1.81 bits per heavy atom. The summed E-state index contributed by atoms with van der Waals surface area (Å²) in [7, 11) is 4.19. The molecule has 5 N–H and O–H groups in total. The van der Waals surface area contributed by atoms with Gasteiger partial charge in [0, 0.05) is 16.7 Å². The molecule has 0 spiro atoms. The molecule has 6 nitrogen and oxygen atoms in total. The van der Waals surface area contributed by atoms with Gasteiger partial charge >= 0.3 is 0 Å². The van der Waals surface area contributed by atoms with E-state index < -0.39 is 17.9 Å². The third-order valence-corrected chi connectivity index (χ3v) is 4.78. The number of halogens is 2. The van der Waals surface area contributed by atoms with E-state index in [-0.39, 0.29) is 33.8 Å². The highest BCUT2D eigenvalue weighted by atomic mass is 32.1. The number of carbonyl (C=O) groups excluding carboxylic acids is 1. The van der Waals surface area contributed by atoms with Crippen molar-refractivity contribution in [2.24, 2.45) is 5.73 Å². The van der Waals surface area contributed by atoms with Crippen molar-refractivity contribution in [3.05, 3.63) is 75.1 Å².